The van der Waals surface area contributed by atoms with Crippen molar-refractivity contribution in [3.63, 3.8) is 0 Å². The molecule has 28 heavy (non-hydrogen) atoms. The zero-order valence-electron chi connectivity index (χ0n) is 15.8. The fourth-order valence-corrected chi connectivity index (χ4v) is 3.74. The van der Waals surface area contributed by atoms with Crippen molar-refractivity contribution < 1.29 is 18.8 Å². The third-order valence-electron chi connectivity index (χ3n) is 4.97. The highest BCUT2D eigenvalue weighted by Crippen LogP contribution is 2.31. The topological polar surface area (TPSA) is 99.3 Å². The van der Waals surface area contributed by atoms with E-state index in [1.807, 2.05) is 0 Å². The molecule has 1 saturated heterocycles. The van der Waals surface area contributed by atoms with Gasteiger partial charge < -0.3 is 9.88 Å². The number of rotatable bonds is 2. The number of hydrogen-bond acceptors (Lipinski definition) is 5. The van der Waals surface area contributed by atoms with Crippen LogP contribution in [0.3, 0.4) is 0 Å². The van der Waals surface area contributed by atoms with Crippen molar-refractivity contribution in [1.29, 1.82) is 0 Å². The molecule has 8 nitrogen and oxygen atoms in total. The molecule has 4 rings (SSSR count). The number of imide groups is 3. The Bertz CT molecular complexity index is 1170. The second kappa shape index (κ2) is 5.82. The molecule has 1 aliphatic heterocycles. The lowest BCUT2D eigenvalue weighted by Gasteiger charge is -2.31. The van der Waals surface area contributed by atoms with Gasteiger partial charge in [-0.15, -0.1) is 0 Å². The highest BCUT2D eigenvalue weighted by atomic mass is 19.1. The lowest BCUT2D eigenvalue weighted by molar-refractivity contribution is -0.130. The molecule has 4 heterocycles. The van der Waals surface area contributed by atoms with E-state index in [0.717, 1.165) is 6.20 Å². The van der Waals surface area contributed by atoms with Crippen molar-refractivity contribution in [3.8, 4) is 0 Å². The first-order valence-corrected chi connectivity index (χ1v) is 8.78. The number of aromatic amines is 1. The molecular weight excluding hydrogens is 365 g/mol. The van der Waals surface area contributed by atoms with E-state index in [-0.39, 0.29) is 11.7 Å². The lowest BCUT2D eigenvalue weighted by atomic mass is 10.0. The summed E-state index contributed by atoms with van der Waals surface area (Å²) in [5.41, 5.74) is -0.212. The van der Waals surface area contributed by atoms with E-state index in [0.29, 0.717) is 26.8 Å². The lowest BCUT2D eigenvalue weighted by Crippen LogP contribution is -2.47. The van der Waals surface area contributed by atoms with Gasteiger partial charge >= 0.3 is 6.03 Å². The molecule has 3 aromatic rings. The number of pyridine rings is 2. The number of halogens is 1. The van der Waals surface area contributed by atoms with Crippen molar-refractivity contribution in [2.24, 2.45) is 0 Å². The highest BCUT2D eigenvalue weighted by Gasteiger charge is 2.55. The van der Waals surface area contributed by atoms with E-state index in [4.69, 9.17) is 0 Å². The molecule has 0 saturated carbocycles. The minimum Gasteiger partial charge on any atom is -0.338 e. The van der Waals surface area contributed by atoms with Crippen LogP contribution in [0.5, 0.6) is 0 Å². The summed E-state index contributed by atoms with van der Waals surface area (Å²) in [6.07, 6.45) is 2.49. The first kappa shape index (κ1) is 18.0. The van der Waals surface area contributed by atoms with E-state index in [1.54, 1.807) is 27.7 Å². The number of carbonyl (C=O) groups is 3. The summed E-state index contributed by atoms with van der Waals surface area (Å²) in [7, 11) is 0. The van der Waals surface area contributed by atoms with Crippen LogP contribution in [-0.4, -0.2) is 54.2 Å². The number of nitrogens with zero attached hydrogens (tertiary/aromatic N) is 4. The van der Waals surface area contributed by atoms with Crippen LogP contribution in [0.1, 0.15) is 38.2 Å². The number of aromatic nitrogens is 3. The maximum atomic E-state index is 13.6. The van der Waals surface area contributed by atoms with E-state index in [1.165, 1.54) is 23.2 Å². The van der Waals surface area contributed by atoms with Gasteiger partial charge in [0.15, 0.2) is 0 Å². The molecule has 4 amide bonds. The average molecular weight is 383 g/mol. The normalized spacial score (nSPS) is 16.8. The molecule has 1 fully saturated rings. The SMILES string of the molecule is CC(C)N1C(=O)N(C(=O)c2cc3c(cn2)[nH]c2ncc(F)cc23)C(=O)C1(C)C. The van der Waals surface area contributed by atoms with Gasteiger partial charge in [0.2, 0.25) is 0 Å². The van der Waals surface area contributed by atoms with Crippen molar-refractivity contribution >= 4 is 39.8 Å². The molecule has 1 aliphatic rings. The number of amides is 4. The average Bonchev–Trinajstić information content (AvgIpc) is 3.06. The van der Waals surface area contributed by atoms with Crippen molar-refractivity contribution in [2.45, 2.75) is 39.3 Å². The van der Waals surface area contributed by atoms with Crippen molar-refractivity contribution in [2.75, 3.05) is 0 Å². The number of hydrogen-bond donors (Lipinski definition) is 1. The Kier molecular flexibility index (Phi) is 3.74. The molecular formula is C19H18FN5O3. The minimum atomic E-state index is -1.14. The van der Waals surface area contributed by atoms with Crippen LogP contribution in [0, 0.1) is 5.82 Å². The van der Waals surface area contributed by atoms with Gasteiger partial charge in [0.1, 0.15) is 22.7 Å². The predicted octanol–water partition coefficient (Wildman–Crippen LogP) is 2.84. The van der Waals surface area contributed by atoms with Gasteiger partial charge in [-0.3, -0.25) is 9.59 Å². The highest BCUT2D eigenvalue weighted by molar-refractivity contribution is 6.22. The molecule has 9 heteroatoms. The Hall–Kier alpha value is -3.36. The minimum absolute atomic E-state index is 0.0826. The molecule has 3 aromatic heterocycles. The summed E-state index contributed by atoms with van der Waals surface area (Å²) in [4.78, 5) is 51.6. The molecule has 0 radical (unpaired) electrons. The van der Waals surface area contributed by atoms with Gasteiger partial charge in [0.05, 0.1) is 17.9 Å². The zero-order valence-corrected chi connectivity index (χ0v) is 15.8. The summed E-state index contributed by atoms with van der Waals surface area (Å²) < 4.78 is 13.6. The van der Waals surface area contributed by atoms with Crippen LogP contribution in [0.25, 0.3) is 21.9 Å². The van der Waals surface area contributed by atoms with Crippen LogP contribution in [0.4, 0.5) is 9.18 Å². The summed E-state index contributed by atoms with van der Waals surface area (Å²) in [6.45, 7) is 6.76. The van der Waals surface area contributed by atoms with Gasteiger partial charge in [-0.05, 0) is 39.8 Å². The van der Waals surface area contributed by atoms with Gasteiger partial charge in [-0.25, -0.2) is 19.2 Å². The molecule has 1 N–H and O–H groups in total. The molecule has 0 unspecified atom stereocenters. The van der Waals surface area contributed by atoms with Crippen molar-refractivity contribution in [1.82, 2.24) is 24.8 Å². The number of H-pyrrole nitrogens is 1. The van der Waals surface area contributed by atoms with Gasteiger partial charge in [0, 0.05) is 16.8 Å². The fourth-order valence-electron chi connectivity index (χ4n) is 3.74. The number of fused-ring (bicyclic) bond motifs is 3. The number of carbonyl (C=O) groups excluding carboxylic acids is 3. The Labute approximate surface area is 159 Å². The fraction of sp³-hybridized carbons (Fsp3) is 0.316. The summed E-state index contributed by atoms with van der Waals surface area (Å²) in [5.74, 6) is -1.94. The van der Waals surface area contributed by atoms with Gasteiger partial charge in [-0.2, -0.15) is 4.90 Å². The Balaban J connectivity index is 1.81. The standard InChI is InChI=1S/C19H18FN5O3/c1-9(2)25-18(28)24(17(27)19(25,3)4)16(26)13-6-11-12-5-10(20)7-22-15(12)23-14(11)8-21-13/h5-9H,1-4H3,(H,22,23). The predicted molar refractivity (Wildman–Crippen MR) is 99.0 cm³/mol. The van der Waals surface area contributed by atoms with E-state index in [2.05, 4.69) is 15.0 Å². The maximum Gasteiger partial charge on any atom is 0.335 e. The zero-order chi connectivity index (χ0) is 20.4. The Morgan fingerprint density at radius 2 is 1.86 bits per heavy atom. The van der Waals surface area contributed by atoms with Gasteiger partial charge in [-0.1, -0.05) is 0 Å². The molecule has 0 aromatic carbocycles. The first-order valence-electron chi connectivity index (χ1n) is 8.78. The molecule has 144 valence electrons. The first-order chi connectivity index (χ1) is 13.1. The monoisotopic (exact) mass is 383 g/mol. The van der Waals surface area contributed by atoms with E-state index < -0.39 is 29.2 Å². The summed E-state index contributed by atoms with van der Waals surface area (Å²) >= 11 is 0. The van der Waals surface area contributed by atoms with Crippen LogP contribution in [0.15, 0.2) is 24.5 Å². The maximum absolute atomic E-state index is 13.6. The summed E-state index contributed by atoms with van der Waals surface area (Å²) in [6, 6.07) is 1.79. The molecule has 0 spiro atoms. The van der Waals surface area contributed by atoms with Crippen LogP contribution >= 0.6 is 0 Å². The Morgan fingerprint density at radius 1 is 1.14 bits per heavy atom. The largest absolute Gasteiger partial charge is 0.338 e. The van der Waals surface area contributed by atoms with Crippen LogP contribution in [0.2, 0.25) is 0 Å². The van der Waals surface area contributed by atoms with Crippen LogP contribution < -0.4 is 0 Å². The van der Waals surface area contributed by atoms with E-state index in [9.17, 15) is 18.8 Å². The van der Waals surface area contributed by atoms with Gasteiger partial charge in [0.25, 0.3) is 11.8 Å². The van der Waals surface area contributed by atoms with E-state index >= 15 is 0 Å². The third-order valence-corrected chi connectivity index (χ3v) is 4.97. The molecule has 0 atom stereocenters. The van der Waals surface area contributed by atoms with Crippen LogP contribution in [-0.2, 0) is 4.79 Å². The van der Waals surface area contributed by atoms with Crippen molar-refractivity contribution in [3.05, 3.63) is 36.0 Å². The molecule has 0 aliphatic carbocycles. The Morgan fingerprint density at radius 3 is 2.50 bits per heavy atom. The second-order valence-electron chi connectivity index (χ2n) is 7.54. The number of urea groups is 1. The second-order valence-corrected chi connectivity index (χ2v) is 7.54. The molecule has 0 bridgehead atoms. The number of nitrogens with one attached hydrogen (secondary N) is 1. The quantitative estimate of drug-likeness (QED) is 0.542. The summed E-state index contributed by atoms with van der Waals surface area (Å²) in [5, 5.41) is 1.01. The third kappa shape index (κ3) is 2.39. The smallest absolute Gasteiger partial charge is 0.335 e.